The van der Waals surface area contributed by atoms with Gasteiger partial charge in [0.15, 0.2) is 0 Å². The Kier molecular flexibility index (Phi) is 4.59. The third kappa shape index (κ3) is 3.01. The Balaban J connectivity index is 3.45. The van der Waals surface area contributed by atoms with Crippen molar-refractivity contribution in [3.63, 3.8) is 0 Å². The van der Waals surface area contributed by atoms with Crippen molar-refractivity contribution in [1.29, 1.82) is 0 Å². The summed E-state index contributed by atoms with van der Waals surface area (Å²) in [6.45, 7) is 5.74. The predicted octanol–water partition coefficient (Wildman–Crippen LogP) is -0.929. The minimum absolute atomic E-state index is 0.0130. The van der Waals surface area contributed by atoms with Gasteiger partial charge in [0.1, 0.15) is 17.5 Å². The number of nitrogens with one attached hydrogen (secondary N) is 1. The zero-order valence-electron chi connectivity index (χ0n) is 12.1. The van der Waals surface area contributed by atoms with Crippen molar-refractivity contribution < 1.29 is 4.79 Å². The lowest BCUT2D eigenvalue weighted by Crippen LogP contribution is -2.43. The second-order valence-corrected chi connectivity index (χ2v) is 5.18. The number of rotatable bonds is 5. The Labute approximate surface area is 116 Å². The number of nitrogens with zero attached hydrogens (tertiary/aromatic N) is 2. The van der Waals surface area contributed by atoms with Gasteiger partial charge in [-0.25, -0.2) is 4.79 Å². The number of amides is 1. The van der Waals surface area contributed by atoms with Crippen LogP contribution in [0.4, 0.5) is 11.5 Å². The van der Waals surface area contributed by atoms with Crippen LogP contribution in [-0.4, -0.2) is 21.1 Å². The van der Waals surface area contributed by atoms with E-state index < -0.39 is 23.2 Å². The highest BCUT2D eigenvalue weighted by atomic mass is 16.2. The molecule has 0 spiro atoms. The predicted molar refractivity (Wildman–Crippen MR) is 77.5 cm³/mol. The molecule has 112 valence electrons. The van der Waals surface area contributed by atoms with Gasteiger partial charge in [0.25, 0.3) is 5.56 Å². The van der Waals surface area contributed by atoms with E-state index in [1.807, 2.05) is 13.8 Å². The third-order valence-corrected chi connectivity index (χ3v) is 2.92. The van der Waals surface area contributed by atoms with Gasteiger partial charge in [-0.1, -0.05) is 13.8 Å². The van der Waals surface area contributed by atoms with E-state index in [4.69, 9.17) is 11.5 Å². The molecular weight excluding hydrogens is 262 g/mol. The van der Waals surface area contributed by atoms with Crippen molar-refractivity contribution in [3.05, 3.63) is 20.8 Å². The van der Waals surface area contributed by atoms with Gasteiger partial charge in [0.2, 0.25) is 5.91 Å². The van der Waals surface area contributed by atoms with Gasteiger partial charge in [0, 0.05) is 13.6 Å². The first-order valence-electron chi connectivity index (χ1n) is 6.32. The van der Waals surface area contributed by atoms with Crippen LogP contribution < -0.4 is 28.0 Å². The number of nitrogens with two attached hydrogens (primary N) is 2. The summed E-state index contributed by atoms with van der Waals surface area (Å²) in [6.07, 6.45) is 0. The Morgan fingerprint density at radius 1 is 1.30 bits per heavy atom. The largest absolute Gasteiger partial charge is 0.383 e. The van der Waals surface area contributed by atoms with Crippen LogP contribution in [0.5, 0.6) is 0 Å². The van der Waals surface area contributed by atoms with Gasteiger partial charge in [0.05, 0.1) is 0 Å². The number of nitrogen functional groups attached to an aromatic ring is 1. The minimum atomic E-state index is -0.769. The molecule has 0 saturated heterocycles. The van der Waals surface area contributed by atoms with Crippen molar-refractivity contribution in [2.24, 2.45) is 18.7 Å². The topological polar surface area (TPSA) is 125 Å². The first-order valence-corrected chi connectivity index (χ1v) is 6.32. The normalized spacial score (nSPS) is 12.4. The van der Waals surface area contributed by atoms with E-state index >= 15 is 0 Å². The standard InChI is InChI=1S/C12H21N5O3/c1-6(2)5-17-9(13)8(15-7(3)10(14)18)11(19)16(4)12(17)20/h6-7,15H,5,13H2,1-4H3,(H2,14,18). The summed E-state index contributed by atoms with van der Waals surface area (Å²) in [6, 6.07) is -0.769. The summed E-state index contributed by atoms with van der Waals surface area (Å²) in [4.78, 5) is 35.2. The average molecular weight is 283 g/mol. The number of anilines is 2. The van der Waals surface area contributed by atoms with Crippen LogP contribution in [-0.2, 0) is 18.4 Å². The first-order chi connectivity index (χ1) is 9.16. The van der Waals surface area contributed by atoms with Crippen molar-refractivity contribution in [2.75, 3.05) is 11.1 Å². The van der Waals surface area contributed by atoms with E-state index in [2.05, 4.69) is 5.32 Å². The Morgan fingerprint density at radius 2 is 1.85 bits per heavy atom. The summed E-state index contributed by atoms with van der Waals surface area (Å²) < 4.78 is 2.26. The molecule has 0 radical (unpaired) electrons. The van der Waals surface area contributed by atoms with E-state index in [0.717, 1.165) is 4.57 Å². The number of hydrogen-bond donors (Lipinski definition) is 3. The highest BCUT2D eigenvalue weighted by Crippen LogP contribution is 2.13. The molecular formula is C12H21N5O3. The Morgan fingerprint density at radius 3 is 2.30 bits per heavy atom. The molecule has 0 saturated carbocycles. The van der Waals surface area contributed by atoms with E-state index in [1.165, 1.54) is 18.5 Å². The number of carbonyl (C=O) groups is 1. The SMILES string of the molecule is CC(C)Cn1c(N)c(NC(C)C(N)=O)c(=O)n(C)c1=O. The van der Waals surface area contributed by atoms with Crippen LogP contribution in [0.15, 0.2) is 9.59 Å². The van der Waals surface area contributed by atoms with Gasteiger partial charge >= 0.3 is 5.69 Å². The van der Waals surface area contributed by atoms with Crippen LogP contribution in [0.1, 0.15) is 20.8 Å². The molecule has 0 bridgehead atoms. The molecule has 20 heavy (non-hydrogen) atoms. The Bertz CT molecular complexity index is 629. The maximum absolute atomic E-state index is 12.1. The van der Waals surface area contributed by atoms with Gasteiger partial charge in [-0.2, -0.15) is 0 Å². The molecule has 8 heteroatoms. The summed E-state index contributed by atoms with van der Waals surface area (Å²) in [5.74, 6) is -0.429. The molecule has 1 amide bonds. The third-order valence-electron chi connectivity index (χ3n) is 2.92. The molecule has 0 aliphatic carbocycles. The maximum Gasteiger partial charge on any atom is 0.332 e. The van der Waals surface area contributed by atoms with Gasteiger partial charge in [-0.05, 0) is 12.8 Å². The second-order valence-electron chi connectivity index (χ2n) is 5.18. The van der Waals surface area contributed by atoms with Crippen molar-refractivity contribution in [1.82, 2.24) is 9.13 Å². The number of aromatic nitrogens is 2. The molecule has 0 aromatic carbocycles. The van der Waals surface area contributed by atoms with Crippen LogP contribution >= 0.6 is 0 Å². The van der Waals surface area contributed by atoms with Crippen molar-refractivity contribution >= 4 is 17.4 Å². The number of hydrogen-bond acceptors (Lipinski definition) is 5. The maximum atomic E-state index is 12.1. The average Bonchev–Trinajstić information content (AvgIpc) is 2.36. The molecule has 1 unspecified atom stereocenters. The molecule has 1 rings (SSSR count). The molecule has 0 aliphatic rings. The van der Waals surface area contributed by atoms with E-state index in [9.17, 15) is 14.4 Å². The van der Waals surface area contributed by atoms with Gasteiger partial charge in [-0.15, -0.1) is 0 Å². The van der Waals surface area contributed by atoms with Gasteiger partial charge in [-0.3, -0.25) is 18.7 Å². The Hall–Kier alpha value is -2.25. The number of carbonyl (C=O) groups excluding carboxylic acids is 1. The molecule has 1 aromatic heterocycles. The first kappa shape index (κ1) is 15.8. The van der Waals surface area contributed by atoms with Crippen molar-refractivity contribution in [3.8, 4) is 0 Å². The fourth-order valence-corrected chi connectivity index (χ4v) is 1.75. The van der Waals surface area contributed by atoms with Crippen LogP contribution in [0.2, 0.25) is 0 Å². The zero-order valence-corrected chi connectivity index (χ0v) is 12.1. The van der Waals surface area contributed by atoms with E-state index in [1.54, 1.807) is 0 Å². The molecule has 1 atom stereocenters. The lowest BCUT2D eigenvalue weighted by atomic mass is 10.2. The second kappa shape index (κ2) is 5.81. The lowest BCUT2D eigenvalue weighted by molar-refractivity contribution is -0.118. The monoisotopic (exact) mass is 283 g/mol. The van der Waals surface area contributed by atoms with Crippen LogP contribution in [0.3, 0.4) is 0 Å². The van der Waals surface area contributed by atoms with Gasteiger partial charge < -0.3 is 16.8 Å². The zero-order chi connectivity index (χ0) is 15.6. The molecule has 0 fully saturated rings. The quantitative estimate of drug-likeness (QED) is 0.644. The summed E-state index contributed by atoms with van der Waals surface area (Å²) in [5.41, 5.74) is 9.98. The highest BCUT2D eigenvalue weighted by molar-refractivity contribution is 5.83. The highest BCUT2D eigenvalue weighted by Gasteiger charge is 2.19. The van der Waals surface area contributed by atoms with Crippen LogP contribution in [0, 0.1) is 5.92 Å². The smallest absolute Gasteiger partial charge is 0.332 e. The fourth-order valence-electron chi connectivity index (χ4n) is 1.75. The lowest BCUT2D eigenvalue weighted by Gasteiger charge is -2.19. The minimum Gasteiger partial charge on any atom is -0.383 e. The molecule has 5 N–H and O–H groups in total. The van der Waals surface area contributed by atoms with E-state index in [0.29, 0.717) is 6.54 Å². The number of primary amides is 1. The molecule has 1 aromatic rings. The molecule has 1 heterocycles. The van der Waals surface area contributed by atoms with Crippen molar-refractivity contribution in [2.45, 2.75) is 33.4 Å². The summed E-state index contributed by atoms with van der Waals surface area (Å²) in [7, 11) is 1.36. The summed E-state index contributed by atoms with van der Waals surface area (Å²) in [5, 5.41) is 2.67. The van der Waals surface area contributed by atoms with Crippen LogP contribution in [0.25, 0.3) is 0 Å². The molecule has 8 nitrogen and oxygen atoms in total. The van der Waals surface area contributed by atoms with E-state index in [-0.39, 0.29) is 17.4 Å². The molecule has 0 aliphatic heterocycles. The summed E-state index contributed by atoms with van der Waals surface area (Å²) >= 11 is 0. The fraction of sp³-hybridized carbons (Fsp3) is 0.583.